The van der Waals surface area contributed by atoms with Crippen LogP contribution in [0.15, 0.2) is 36.4 Å². The fourth-order valence-corrected chi connectivity index (χ4v) is 5.75. The largest absolute Gasteiger partial charge is 0.398 e. The minimum Gasteiger partial charge on any atom is -0.398 e. The number of nitrogens with one attached hydrogen (secondary N) is 3. The van der Waals surface area contributed by atoms with E-state index < -0.39 is 5.54 Å². The number of nitrogens with zero attached hydrogens (tertiary/aromatic N) is 3. The monoisotopic (exact) mass is 503 g/mol. The predicted octanol–water partition coefficient (Wildman–Crippen LogP) is 2.76. The summed E-state index contributed by atoms with van der Waals surface area (Å²) in [5.74, 6) is -0.190. The molecule has 3 aliphatic heterocycles. The average Bonchev–Trinajstić information content (AvgIpc) is 2.98. The van der Waals surface area contributed by atoms with E-state index in [1.807, 2.05) is 35.2 Å². The Labute approximate surface area is 216 Å². The summed E-state index contributed by atoms with van der Waals surface area (Å²) in [5.41, 5.74) is 9.70. The highest BCUT2D eigenvalue weighted by Gasteiger charge is 2.42. The van der Waals surface area contributed by atoms with Crippen LogP contribution in [-0.2, 0) is 24.3 Å². The topological polar surface area (TPSA) is 135 Å². The number of carbonyl (C=O) groups is 3. The average molecular weight is 504 g/mol. The molecule has 3 heterocycles. The Kier molecular flexibility index (Phi) is 6.26. The van der Waals surface area contributed by atoms with Crippen molar-refractivity contribution in [2.24, 2.45) is 0 Å². The number of benzene rings is 2. The van der Waals surface area contributed by atoms with Crippen molar-refractivity contribution in [3.8, 4) is 0 Å². The third kappa shape index (κ3) is 4.47. The van der Waals surface area contributed by atoms with Crippen LogP contribution in [0.3, 0.4) is 0 Å². The molecule has 0 unspecified atom stereocenters. The van der Waals surface area contributed by atoms with Crippen LogP contribution in [0.1, 0.15) is 42.0 Å². The van der Waals surface area contributed by atoms with Gasteiger partial charge in [-0.2, -0.15) is 0 Å². The third-order valence-electron chi connectivity index (χ3n) is 7.83. The van der Waals surface area contributed by atoms with Gasteiger partial charge in [-0.1, -0.05) is 24.3 Å². The molecule has 3 aliphatic rings. The SMILES string of the molecule is CN1Cc2c(ccc(N)c2C=N)C[C@@](C)(NC(=O)N2CCC(N3Cc4ccccc4NC3=O)CC2)C1=O. The lowest BCUT2D eigenvalue weighted by molar-refractivity contribution is -0.136. The van der Waals surface area contributed by atoms with Crippen molar-refractivity contribution in [1.29, 1.82) is 5.41 Å². The first-order valence-electron chi connectivity index (χ1n) is 12.6. The molecule has 1 atom stereocenters. The molecule has 10 nitrogen and oxygen atoms in total. The van der Waals surface area contributed by atoms with Crippen LogP contribution >= 0.6 is 0 Å². The summed E-state index contributed by atoms with van der Waals surface area (Å²) >= 11 is 0. The smallest absolute Gasteiger partial charge is 0.322 e. The minimum atomic E-state index is -1.14. The van der Waals surface area contributed by atoms with Gasteiger partial charge >= 0.3 is 12.1 Å². The summed E-state index contributed by atoms with van der Waals surface area (Å²) in [7, 11) is 1.70. The van der Waals surface area contributed by atoms with Crippen LogP contribution in [-0.4, -0.2) is 70.6 Å². The number of carbonyl (C=O) groups excluding carboxylic acids is 3. The van der Waals surface area contributed by atoms with Crippen molar-refractivity contribution in [1.82, 2.24) is 20.0 Å². The standard InChI is InChI=1S/C27H33N7O3/c1-27(13-17-7-8-22(29)20(14-28)21(17)16-32(2)24(27)35)31-26(37)33-11-9-19(10-12-33)34-15-18-5-3-4-6-23(18)30-25(34)36/h3-8,14,19,28H,9-13,15-16,29H2,1-2H3,(H,30,36)(H,31,37)/t27-/m1/s1. The first-order chi connectivity index (χ1) is 17.7. The first-order valence-corrected chi connectivity index (χ1v) is 12.6. The summed E-state index contributed by atoms with van der Waals surface area (Å²) in [6.07, 6.45) is 2.86. The minimum absolute atomic E-state index is 0.0375. The van der Waals surface area contributed by atoms with E-state index in [1.165, 1.54) is 6.21 Å². The maximum atomic E-state index is 13.4. The number of para-hydroxylation sites is 1. The van der Waals surface area contributed by atoms with E-state index in [1.54, 1.807) is 29.8 Å². The van der Waals surface area contributed by atoms with Crippen molar-refractivity contribution < 1.29 is 14.4 Å². The van der Waals surface area contributed by atoms with Crippen molar-refractivity contribution in [3.63, 3.8) is 0 Å². The molecule has 37 heavy (non-hydrogen) atoms. The van der Waals surface area contributed by atoms with Crippen molar-refractivity contribution in [3.05, 3.63) is 58.7 Å². The predicted molar refractivity (Wildman–Crippen MR) is 141 cm³/mol. The van der Waals surface area contributed by atoms with Crippen LogP contribution in [0.25, 0.3) is 0 Å². The molecule has 0 aromatic heterocycles. The summed E-state index contributed by atoms with van der Waals surface area (Å²) in [6, 6.07) is 11.1. The van der Waals surface area contributed by atoms with Crippen molar-refractivity contribution in [2.75, 3.05) is 31.2 Å². The second-order valence-corrected chi connectivity index (χ2v) is 10.4. The van der Waals surface area contributed by atoms with Gasteiger partial charge in [0.05, 0.1) is 0 Å². The van der Waals surface area contributed by atoms with Crippen LogP contribution in [0.5, 0.6) is 0 Å². The normalized spacial score (nSPS) is 22.1. The fraction of sp³-hybridized carbons (Fsp3) is 0.407. The molecule has 5 amide bonds. The quantitative estimate of drug-likeness (QED) is 0.378. The number of nitrogen functional groups attached to an aromatic ring is 1. The zero-order chi connectivity index (χ0) is 26.3. The number of hydrogen-bond donors (Lipinski definition) is 4. The van der Waals surface area contributed by atoms with E-state index in [2.05, 4.69) is 10.6 Å². The van der Waals surface area contributed by atoms with Crippen LogP contribution in [0.2, 0.25) is 0 Å². The molecule has 10 heteroatoms. The first kappa shape index (κ1) is 24.6. The summed E-state index contributed by atoms with van der Waals surface area (Å²) in [5, 5.41) is 13.8. The van der Waals surface area contributed by atoms with Gasteiger partial charge in [0.1, 0.15) is 5.54 Å². The molecule has 2 aromatic rings. The molecular formula is C27H33N7O3. The van der Waals surface area contributed by atoms with Gasteiger partial charge in [0.15, 0.2) is 0 Å². The Morgan fingerprint density at radius 1 is 1.14 bits per heavy atom. The summed E-state index contributed by atoms with van der Waals surface area (Å²) < 4.78 is 0. The number of hydrogen-bond acceptors (Lipinski definition) is 5. The number of likely N-dealkylation sites (N-methyl/N-ethyl adjacent to an activating group) is 1. The number of rotatable bonds is 3. The molecule has 2 aromatic carbocycles. The van der Waals surface area contributed by atoms with Crippen molar-refractivity contribution in [2.45, 2.75) is 50.9 Å². The van der Waals surface area contributed by atoms with E-state index in [4.69, 9.17) is 11.1 Å². The lowest BCUT2D eigenvalue weighted by atomic mass is 9.89. The van der Waals surface area contributed by atoms with E-state index in [0.717, 1.165) is 22.4 Å². The number of urea groups is 2. The number of nitrogens with two attached hydrogens (primary N) is 1. The maximum Gasteiger partial charge on any atom is 0.322 e. The highest BCUT2D eigenvalue weighted by molar-refractivity contribution is 5.94. The van der Waals surface area contributed by atoms with E-state index in [9.17, 15) is 14.4 Å². The van der Waals surface area contributed by atoms with Crippen molar-refractivity contribution >= 4 is 35.6 Å². The van der Waals surface area contributed by atoms with Gasteiger partial charge in [-0.15, -0.1) is 0 Å². The van der Waals surface area contributed by atoms with Gasteiger partial charge in [-0.25, -0.2) is 9.59 Å². The van der Waals surface area contributed by atoms with Gasteiger partial charge in [-0.05, 0) is 48.6 Å². The lowest BCUT2D eigenvalue weighted by Gasteiger charge is -2.41. The molecule has 5 rings (SSSR count). The Balaban J connectivity index is 1.26. The Morgan fingerprint density at radius 2 is 1.86 bits per heavy atom. The zero-order valence-corrected chi connectivity index (χ0v) is 21.2. The Morgan fingerprint density at radius 3 is 2.59 bits per heavy atom. The molecular weight excluding hydrogens is 470 g/mol. The molecule has 5 N–H and O–H groups in total. The van der Waals surface area contributed by atoms with E-state index in [0.29, 0.717) is 56.7 Å². The van der Waals surface area contributed by atoms with Gasteiger partial charge in [-0.3, -0.25) is 4.79 Å². The number of likely N-dealkylation sites (tertiary alicyclic amines) is 1. The summed E-state index contributed by atoms with van der Waals surface area (Å²) in [6.45, 7) is 3.61. The second-order valence-electron chi connectivity index (χ2n) is 10.4. The molecule has 0 aliphatic carbocycles. The molecule has 0 bridgehead atoms. The van der Waals surface area contributed by atoms with Gasteiger partial charge in [0, 0.05) is 68.8 Å². The zero-order valence-electron chi connectivity index (χ0n) is 21.2. The number of piperidine rings is 1. The molecule has 194 valence electrons. The van der Waals surface area contributed by atoms with Crippen LogP contribution in [0.4, 0.5) is 21.0 Å². The van der Waals surface area contributed by atoms with E-state index in [-0.39, 0.29) is 24.0 Å². The molecule has 1 saturated heterocycles. The summed E-state index contributed by atoms with van der Waals surface area (Å²) in [4.78, 5) is 44.6. The van der Waals surface area contributed by atoms with Gasteiger partial charge < -0.3 is 36.5 Å². The Hall–Kier alpha value is -4.08. The molecule has 0 saturated carbocycles. The molecule has 0 radical (unpaired) electrons. The number of amides is 5. The molecule has 0 spiro atoms. The highest BCUT2D eigenvalue weighted by Crippen LogP contribution is 2.31. The fourth-order valence-electron chi connectivity index (χ4n) is 5.75. The second kappa shape index (κ2) is 9.42. The van der Waals surface area contributed by atoms with Crippen LogP contribution in [0, 0.1) is 5.41 Å². The maximum absolute atomic E-state index is 13.4. The highest BCUT2D eigenvalue weighted by atomic mass is 16.2. The lowest BCUT2D eigenvalue weighted by Crippen LogP contribution is -2.61. The number of anilines is 2. The van der Waals surface area contributed by atoms with E-state index >= 15 is 0 Å². The van der Waals surface area contributed by atoms with Gasteiger partial charge in [0.25, 0.3) is 0 Å². The molecule has 1 fully saturated rings. The Bertz CT molecular complexity index is 1270. The third-order valence-corrected chi connectivity index (χ3v) is 7.83. The van der Waals surface area contributed by atoms with Gasteiger partial charge in [0.2, 0.25) is 5.91 Å². The van der Waals surface area contributed by atoms with Crippen LogP contribution < -0.4 is 16.4 Å². The number of fused-ring (bicyclic) bond motifs is 2.